The molecule has 0 aromatic rings. The van der Waals surface area contributed by atoms with Gasteiger partial charge in [0.25, 0.3) is 0 Å². The Balaban J connectivity index is -0.00000000500. The molecule has 24 valence electrons. The molecular formula is H2O3Zr. The van der Waals surface area contributed by atoms with Crippen LogP contribution >= 0.6 is 0 Å². The molecule has 3 nitrogen and oxygen atoms in total. The first-order chi connectivity index (χ1) is 1.00. The van der Waals surface area contributed by atoms with Crippen LogP contribution in [0.15, 0.2) is 0 Å². The molecule has 0 spiro atoms. The summed E-state index contributed by atoms with van der Waals surface area (Å²) in [6, 6.07) is 0. The second-order valence-electron chi connectivity index (χ2n) is 0. The van der Waals surface area contributed by atoms with Crippen molar-refractivity contribution in [1.29, 1.82) is 0 Å². The van der Waals surface area contributed by atoms with Crippen LogP contribution in [-0.4, -0.2) is 11.0 Å². The van der Waals surface area contributed by atoms with Gasteiger partial charge in [-0.2, -0.15) is 0 Å². The van der Waals surface area contributed by atoms with Crippen LogP contribution in [0.25, 0.3) is 0 Å². The molecule has 0 saturated heterocycles. The molecule has 0 aromatic carbocycles. The number of hydrogen-bond donors (Lipinski definition) is 0. The molecule has 0 radical (unpaired) electrons. The van der Waals surface area contributed by atoms with Crippen LogP contribution in [0.1, 0.15) is 0 Å². The van der Waals surface area contributed by atoms with Gasteiger partial charge in [0.15, 0.2) is 0 Å². The van der Waals surface area contributed by atoms with Gasteiger partial charge in [-0.05, 0) is 0 Å². The van der Waals surface area contributed by atoms with Crippen molar-refractivity contribution in [1.82, 2.24) is 0 Å². The van der Waals surface area contributed by atoms with Gasteiger partial charge in [0.1, 0.15) is 0 Å². The Kier molecular flexibility index (Phi) is 268. The van der Waals surface area contributed by atoms with Crippen molar-refractivity contribution in [3.05, 3.63) is 0 Å². The van der Waals surface area contributed by atoms with Gasteiger partial charge in [-0.1, -0.05) is 0 Å². The van der Waals surface area contributed by atoms with E-state index in [1.807, 2.05) is 0 Å². The van der Waals surface area contributed by atoms with Crippen LogP contribution in [0.5, 0.6) is 0 Å². The summed E-state index contributed by atoms with van der Waals surface area (Å²) in [6.07, 6.45) is 0. The van der Waals surface area contributed by atoms with Crippen molar-refractivity contribution in [2.75, 3.05) is 0 Å². The molecule has 0 unspecified atom stereocenters. The second-order valence-corrected chi connectivity index (χ2v) is 0. The molecule has 0 aliphatic heterocycles. The maximum Gasteiger partial charge on any atom is -0.870 e. The Morgan fingerprint density at radius 2 is 1.00 bits per heavy atom. The first-order valence-corrected chi connectivity index (χ1v) is 1.21. The molecule has 2 N–H and O–H groups in total. The van der Waals surface area contributed by atoms with Crippen molar-refractivity contribution >= 4 is 0 Å². The summed E-state index contributed by atoms with van der Waals surface area (Å²) in [5, 5.41) is 0. The summed E-state index contributed by atoms with van der Waals surface area (Å²) in [5.74, 6) is 0. The largest absolute Gasteiger partial charge is 0.870 e. The molecule has 0 aliphatic carbocycles. The molecule has 4 heteroatoms. The molecule has 0 fully saturated rings. The zero-order chi connectivity index (χ0) is 2.00. The van der Waals surface area contributed by atoms with Crippen LogP contribution < -0.4 is 3.18 Å². The summed E-state index contributed by atoms with van der Waals surface area (Å²) in [6.45, 7) is 0. The number of rotatable bonds is 0. The maximum absolute atomic E-state index is 8.34. The maximum atomic E-state index is 8.34. The van der Waals surface area contributed by atoms with E-state index in [1.165, 1.54) is 0 Å². The van der Waals surface area contributed by atoms with E-state index >= 15 is 0 Å². The predicted molar refractivity (Wildman–Crippen MR) is 3.87 cm³/mol. The average molecular weight is 141 g/mol. The van der Waals surface area contributed by atoms with Crippen LogP contribution in [-0.2, 0) is 25.2 Å². The molecule has 0 aromatic heterocycles. The van der Waals surface area contributed by atoms with Crippen LogP contribution in [0.3, 0.4) is 0 Å². The van der Waals surface area contributed by atoms with Crippen molar-refractivity contribution in [2.24, 2.45) is 0 Å². The minimum Gasteiger partial charge on any atom is -0.870 e. The van der Waals surface area contributed by atoms with Crippen LogP contribution in [0.2, 0.25) is 0 Å². The van der Waals surface area contributed by atoms with Crippen LogP contribution in [0, 0.1) is 0 Å². The third-order valence-corrected chi connectivity index (χ3v) is 0. The first kappa shape index (κ1) is 21.7. The zero-order valence-electron chi connectivity index (χ0n) is 1.80. The molecule has 0 aliphatic rings. The standard InChI is InChI=1S/2H2O.O.Zr/h2*1H2;;/q;;-1;+3/p-2. The van der Waals surface area contributed by atoms with Crippen molar-refractivity contribution in [3.8, 4) is 0 Å². The third kappa shape index (κ3) is 14.7. The average Bonchev–Trinajstić information content (AvgIpc) is 1.00. The van der Waals surface area contributed by atoms with Gasteiger partial charge < -0.3 is 11.0 Å². The molecule has 4 heavy (non-hydrogen) atoms. The van der Waals surface area contributed by atoms with E-state index in [0.29, 0.717) is 25.2 Å². The normalized spacial score (nSPS) is 1.75. The second kappa shape index (κ2) is 49.3. The van der Waals surface area contributed by atoms with Gasteiger partial charge in [0.2, 0.25) is 0 Å². The zero-order valence-corrected chi connectivity index (χ0v) is 4.26. The number of hydrogen-bond acceptors (Lipinski definition) is 3. The monoisotopic (exact) mass is 140 g/mol. The van der Waals surface area contributed by atoms with Gasteiger partial charge in [0, 0.05) is 0 Å². The van der Waals surface area contributed by atoms with Gasteiger partial charge in [0.05, 0.1) is 0 Å². The quantitative estimate of drug-likeness (QED) is 0.409. The van der Waals surface area contributed by atoms with Gasteiger partial charge in [-0.15, -0.1) is 0 Å². The summed E-state index contributed by atoms with van der Waals surface area (Å²) < 4.78 is 8.34. The molecule has 0 bridgehead atoms. The third-order valence-electron chi connectivity index (χ3n) is 0. The topological polar surface area (TPSA) is 83.1 Å². The summed E-state index contributed by atoms with van der Waals surface area (Å²) >= 11 is 0.300. The van der Waals surface area contributed by atoms with Gasteiger partial charge in [-0.3, -0.25) is 0 Å². The Morgan fingerprint density at radius 1 is 1.00 bits per heavy atom. The summed E-state index contributed by atoms with van der Waals surface area (Å²) in [7, 11) is 0. The Hall–Kier alpha value is 0.763. The van der Waals surface area contributed by atoms with E-state index in [4.69, 9.17) is 3.18 Å². The SMILES string of the molecule is [O-][Zr+3].[OH-].[OH-]. The van der Waals surface area contributed by atoms with Gasteiger partial charge >= 0.3 is 28.3 Å². The molecular weight excluding hydrogens is 139 g/mol. The van der Waals surface area contributed by atoms with E-state index in [0.717, 1.165) is 0 Å². The molecule has 0 atom stereocenters. The Labute approximate surface area is 39.7 Å². The fraction of sp³-hybridized carbons (Fsp3) is 0. The van der Waals surface area contributed by atoms with Crippen LogP contribution in [0.4, 0.5) is 0 Å². The smallest absolute Gasteiger partial charge is 0.870 e. The van der Waals surface area contributed by atoms with Gasteiger partial charge in [-0.25, -0.2) is 0 Å². The summed E-state index contributed by atoms with van der Waals surface area (Å²) in [5.41, 5.74) is 0. The van der Waals surface area contributed by atoms with E-state index in [-0.39, 0.29) is 11.0 Å². The molecule has 0 heterocycles. The summed E-state index contributed by atoms with van der Waals surface area (Å²) in [4.78, 5) is 0. The Bertz CT molecular complexity index is 3.25. The van der Waals surface area contributed by atoms with E-state index in [2.05, 4.69) is 0 Å². The molecule has 0 saturated carbocycles. The molecule has 0 amide bonds. The fourth-order valence-corrected chi connectivity index (χ4v) is 0. The molecule has 0 rings (SSSR count). The first-order valence-electron chi connectivity index (χ1n) is 0.204. The fourth-order valence-electron chi connectivity index (χ4n) is 0. The predicted octanol–water partition coefficient (Wildman–Crippen LogP) is -1.55. The van der Waals surface area contributed by atoms with Crippen molar-refractivity contribution in [2.45, 2.75) is 0 Å². The minimum atomic E-state index is 0. The Morgan fingerprint density at radius 3 is 1.00 bits per heavy atom. The van der Waals surface area contributed by atoms with E-state index in [1.54, 1.807) is 0 Å². The van der Waals surface area contributed by atoms with E-state index in [9.17, 15) is 0 Å². The van der Waals surface area contributed by atoms with E-state index < -0.39 is 0 Å². The van der Waals surface area contributed by atoms with Crippen molar-refractivity contribution < 1.29 is 39.3 Å². The van der Waals surface area contributed by atoms with Crippen molar-refractivity contribution in [3.63, 3.8) is 0 Å². The minimum absolute atomic E-state index is 0.